The Bertz CT molecular complexity index is 1070. The third-order valence-electron chi connectivity index (χ3n) is 5.59. The van der Waals surface area contributed by atoms with E-state index in [0.717, 1.165) is 12.1 Å². The SMILES string of the molecule is O=C(COC(=O)C(O)(c1ccccc1)c1ccccc1)c1ccc(N2CCCC2=O)cc1. The van der Waals surface area contributed by atoms with E-state index >= 15 is 0 Å². The van der Waals surface area contributed by atoms with Gasteiger partial charge in [0.2, 0.25) is 11.5 Å². The lowest BCUT2D eigenvalue weighted by molar-refractivity contribution is -0.160. The Balaban J connectivity index is 1.48. The maximum Gasteiger partial charge on any atom is 0.348 e. The molecule has 1 aliphatic heterocycles. The second kappa shape index (κ2) is 9.16. The summed E-state index contributed by atoms with van der Waals surface area (Å²) in [6.45, 7) is 0.157. The van der Waals surface area contributed by atoms with Gasteiger partial charge in [0.25, 0.3) is 0 Å². The number of anilines is 1. The highest BCUT2D eigenvalue weighted by atomic mass is 16.6. The number of ketones is 1. The number of benzene rings is 3. The van der Waals surface area contributed by atoms with E-state index < -0.39 is 24.0 Å². The number of rotatable bonds is 7. The molecule has 0 radical (unpaired) electrons. The van der Waals surface area contributed by atoms with Crippen molar-refractivity contribution in [1.82, 2.24) is 0 Å². The van der Waals surface area contributed by atoms with E-state index in [2.05, 4.69) is 0 Å². The number of hydrogen-bond donors (Lipinski definition) is 1. The first-order valence-corrected chi connectivity index (χ1v) is 10.4. The van der Waals surface area contributed by atoms with Gasteiger partial charge < -0.3 is 14.7 Å². The highest BCUT2D eigenvalue weighted by Crippen LogP contribution is 2.31. The Labute approximate surface area is 186 Å². The molecule has 0 atom stereocenters. The molecule has 0 bridgehead atoms. The van der Waals surface area contributed by atoms with Gasteiger partial charge in [0.1, 0.15) is 0 Å². The fourth-order valence-electron chi connectivity index (χ4n) is 3.83. The van der Waals surface area contributed by atoms with E-state index in [1.165, 1.54) is 0 Å². The van der Waals surface area contributed by atoms with Gasteiger partial charge in [0.05, 0.1) is 0 Å². The van der Waals surface area contributed by atoms with Crippen LogP contribution in [0.15, 0.2) is 84.9 Å². The quantitative estimate of drug-likeness (QED) is 0.459. The number of Topliss-reactive ketones (excluding diaryl/α,β-unsaturated/α-hetero) is 1. The highest BCUT2D eigenvalue weighted by molar-refractivity contribution is 6.00. The highest BCUT2D eigenvalue weighted by Gasteiger charge is 2.41. The fraction of sp³-hybridized carbons (Fsp3) is 0.192. The molecule has 3 aromatic rings. The van der Waals surface area contributed by atoms with Gasteiger partial charge in [-0.15, -0.1) is 0 Å². The molecular weight excluding hydrogens is 406 g/mol. The average Bonchev–Trinajstić information content (AvgIpc) is 3.28. The second-order valence-corrected chi connectivity index (χ2v) is 7.64. The van der Waals surface area contributed by atoms with Crippen LogP contribution in [-0.4, -0.2) is 35.9 Å². The van der Waals surface area contributed by atoms with Gasteiger partial charge in [0, 0.05) is 24.2 Å². The Morgan fingerprint density at radius 2 is 1.44 bits per heavy atom. The zero-order chi connectivity index (χ0) is 22.6. The molecule has 1 N–H and O–H groups in total. The van der Waals surface area contributed by atoms with Gasteiger partial charge in [-0.05, 0) is 41.8 Å². The van der Waals surface area contributed by atoms with Crippen molar-refractivity contribution < 1.29 is 24.2 Å². The van der Waals surface area contributed by atoms with Gasteiger partial charge in [0.15, 0.2) is 12.4 Å². The Hall–Kier alpha value is -3.77. The molecular formula is C26H23NO5. The van der Waals surface area contributed by atoms with Gasteiger partial charge in [-0.3, -0.25) is 9.59 Å². The number of ether oxygens (including phenoxy) is 1. The molecule has 4 rings (SSSR count). The third-order valence-corrected chi connectivity index (χ3v) is 5.59. The normalized spacial score (nSPS) is 13.8. The van der Waals surface area contributed by atoms with Crippen molar-refractivity contribution in [3.63, 3.8) is 0 Å². The maximum absolute atomic E-state index is 13.0. The summed E-state index contributed by atoms with van der Waals surface area (Å²) in [6, 6.07) is 23.6. The van der Waals surface area contributed by atoms with E-state index in [4.69, 9.17) is 4.74 Å². The third kappa shape index (κ3) is 4.18. The van der Waals surface area contributed by atoms with Gasteiger partial charge in [-0.2, -0.15) is 0 Å². The first-order valence-electron chi connectivity index (χ1n) is 10.4. The summed E-state index contributed by atoms with van der Waals surface area (Å²) < 4.78 is 5.28. The summed E-state index contributed by atoms with van der Waals surface area (Å²) in [7, 11) is 0. The molecule has 0 saturated carbocycles. The first-order chi connectivity index (χ1) is 15.5. The van der Waals surface area contributed by atoms with Crippen molar-refractivity contribution in [1.29, 1.82) is 0 Å². The van der Waals surface area contributed by atoms with Crippen molar-refractivity contribution in [2.24, 2.45) is 0 Å². The molecule has 0 aromatic heterocycles. The Kier molecular flexibility index (Phi) is 6.14. The maximum atomic E-state index is 13.0. The van der Waals surface area contributed by atoms with Crippen LogP contribution >= 0.6 is 0 Å². The lowest BCUT2D eigenvalue weighted by atomic mass is 9.86. The van der Waals surface area contributed by atoms with E-state index in [9.17, 15) is 19.5 Å². The van der Waals surface area contributed by atoms with Crippen LogP contribution < -0.4 is 4.90 Å². The molecule has 1 saturated heterocycles. The van der Waals surface area contributed by atoms with Crippen LogP contribution in [0.1, 0.15) is 34.3 Å². The Morgan fingerprint density at radius 3 is 1.94 bits per heavy atom. The van der Waals surface area contributed by atoms with Crippen LogP contribution in [0.2, 0.25) is 0 Å². The molecule has 32 heavy (non-hydrogen) atoms. The molecule has 0 aliphatic carbocycles. The van der Waals surface area contributed by atoms with Crippen LogP contribution in [0.5, 0.6) is 0 Å². The molecule has 0 spiro atoms. The lowest BCUT2D eigenvalue weighted by Gasteiger charge is -2.27. The van der Waals surface area contributed by atoms with Crippen molar-refractivity contribution in [3.05, 3.63) is 102 Å². The van der Waals surface area contributed by atoms with Crippen LogP contribution in [0.4, 0.5) is 5.69 Å². The summed E-state index contributed by atoms with van der Waals surface area (Å²) in [6.07, 6.45) is 1.35. The van der Waals surface area contributed by atoms with Crippen molar-refractivity contribution in [2.75, 3.05) is 18.1 Å². The van der Waals surface area contributed by atoms with E-state index in [1.54, 1.807) is 89.8 Å². The van der Waals surface area contributed by atoms with Crippen molar-refractivity contribution in [2.45, 2.75) is 18.4 Å². The van der Waals surface area contributed by atoms with Crippen LogP contribution in [0.25, 0.3) is 0 Å². The molecule has 1 amide bonds. The molecule has 6 nitrogen and oxygen atoms in total. The molecule has 1 fully saturated rings. The zero-order valence-corrected chi connectivity index (χ0v) is 17.4. The Morgan fingerprint density at radius 1 is 0.875 bits per heavy atom. The zero-order valence-electron chi connectivity index (χ0n) is 17.4. The van der Waals surface area contributed by atoms with Crippen LogP contribution in [0, 0.1) is 0 Å². The average molecular weight is 429 g/mol. The second-order valence-electron chi connectivity index (χ2n) is 7.64. The van der Waals surface area contributed by atoms with Crippen molar-refractivity contribution in [3.8, 4) is 0 Å². The number of esters is 1. The predicted octanol–water partition coefficient (Wildman–Crippen LogP) is 3.48. The number of carbonyl (C=O) groups excluding carboxylic acids is 3. The summed E-state index contributed by atoms with van der Waals surface area (Å²) in [5, 5.41) is 11.4. The number of amides is 1. The topological polar surface area (TPSA) is 83.9 Å². The molecule has 1 heterocycles. The minimum absolute atomic E-state index is 0.0686. The van der Waals surface area contributed by atoms with Crippen LogP contribution in [-0.2, 0) is 19.9 Å². The molecule has 162 valence electrons. The number of carbonyl (C=O) groups is 3. The minimum atomic E-state index is -2.04. The van der Waals surface area contributed by atoms with E-state index in [1.807, 2.05) is 0 Å². The summed E-state index contributed by atoms with van der Waals surface area (Å²) >= 11 is 0. The number of hydrogen-bond acceptors (Lipinski definition) is 5. The molecule has 6 heteroatoms. The smallest absolute Gasteiger partial charge is 0.348 e. The molecule has 3 aromatic carbocycles. The number of nitrogens with zero attached hydrogens (tertiary/aromatic N) is 1. The summed E-state index contributed by atoms with van der Waals surface area (Å²) in [5.41, 5.74) is -0.241. The largest absolute Gasteiger partial charge is 0.455 e. The van der Waals surface area contributed by atoms with Gasteiger partial charge >= 0.3 is 5.97 Å². The summed E-state index contributed by atoms with van der Waals surface area (Å²) in [4.78, 5) is 39.2. The predicted molar refractivity (Wildman–Crippen MR) is 119 cm³/mol. The van der Waals surface area contributed by atoms with Crippen molar-refractivity contribution >= 4 is 23.3 Å². The minimum Gasteiger partial charge on any atom is -0.455 e. The van der Waals surface area contributed by atoms with E-state index in [-0.39, 0.29) is 5.91 Å². The first kappa shape index (κ1) is 21.5. The molecule has 0 unspecified atom stereocenters. The number of aliphatic hydroxyl groups is 1. The van der Waals surface area contributed by atoms with Crippen LogP contribution in [0.3, 0.4) is 0 Å². The van der Waals surface area contributed by atoms with Gasteiger partial charge in [-0.1, -0.05) is 60.7 Å². The summed E-state index contributed by atoms with van der Waals surface area (Å²) in [5.74, 6) is -1.26. The standard InChI is InChI=1S/C26H23NO5/c28-23(19-13-15-22(16-14-19)27-17-7-12-24(27)29)18-32-25(30)26(31,20-8-3-1-4-9-20)21-10-5-2-6-11-21/h1-6,8-11,13-16,31H,7,12,17-18H2. The van der Waals surface area contributed by atoms with Gasteiger partial charge in [-0.25, -0.2) is 4.79 Å². The fourth-order valence-corrected chi connectivity index (χ4v) is 3.83. The monoisotopic (exact) mass is 429 g/mol. The molecule has 1 aliphatic rings. The lowest BCUT2D eigenvalue weighted by Crippen LogP contribution is -2.39. The van der Waals surface area contributed by atoms with E-state index in [0.29, 0.717) is 29.7 Å².